The molecule has 0 radical (unpaired) electrons. The van der Waals surface area contributed by atoms with Gasteiger partial charge >= 0.3 is 0 Å². The van der Waals surface area contributed by atoms with Crippen molar-refractivity contribution in [2.24, 2.45) is 0 Å². The first-order chi connectivity index (χ1) is 11.2. The number of ether oxygens (including phenoxy) is 2. The first-order valence-electron chi connectivity index (χ1n) is 7.64. The van der Waals surface area contributed by atoms with Crippen molar-refractivity contribution < 1.29 is 14.3 Å². The van der Waals surface area contributed by atoms with Gasteiger partial charge in [0.15, 0.2) is 0 Å². The Bertz CT molecular complexity index is 667. The first kappa shape index (κ1) is 17.0. The Morgan fingerprint density at radius 2 is 1.91 bits per heavy atom. The van der Waals surface area contributed by atoms with E-state index in [1.807, 2.05) is 43.3 Å². The maximum absolute atomic E-state index is 12.3. The van der Waals surface area contributed by atoms with Crippen LogP contribution in [0, 0.1) is 6.92 Å². The molecule has 4 nitrogen and oxygen atoms in total. The Labute approximate surface area is 137 Å². The number of aryl methyl sites for hydroxylation is 1. The van der Waals surface area contributed by atoms with E-state index in [0.717, 1.165) is 28.9 Å². The highest BCUT2D eigenvalue weighted by Gasteiger charge is 2.10. The van der Waals surface area contributed by atoms with Crippen molar-refractivity contribution >= 4 is 5.91 Å². The monoisotopic (exact) mass is 313 g/mol. The lowest BCUT2D eigenvalue weighted by Gasteiger charge is -2.11. The van der Waals surface area contributed by atoms with Crippen molar-refractivity contribution in [1.29, 1.82) is 0 Å². The molecule has 0 aliphatic heterocycles. The molecule has 1 N–H and O–H groups in total. The van der Waals surface area contributed by atoms with E-state index in [1.165, 1.54) is 0 Å². The summed E-state index contributed by atoms with van der Waals surface area (Å²) in [5.74, 6) is 0.802. The van der Waals surface area contributed by atoms with Gasteiger partial charge in [0, 0.05) is 19.2 Å². The van der Waals surface area contributed by atoms with Crippen LogP contribution in [0.1, 0.15) is 27.0 Å². The highest BCUT2D eigenvalue weighted by Crippen LogP contribution is 2.19. The highest BCUT2D eigenvalue weighted by atomic mass is 16.5. The molecule has 0 unspecified atom stereocenters. The smallest absolute Gasteiger partial charge is 0.251 e. The molecular weight excluding hydrogens is 290 g/mol. The molecule has 0 fully saturated rings. The van der Waals surface area contributed by atoms with Crippen molar-refractivity contribution in [3.05, 3.63) is 64.7 Å². The van der Waals surface area contributed by atoms with Crippen LogP contribution in [0.2, 0.25) is 0 Å². The molecule has 0 saturated carbocycles. The van der Waals surface area contributed by atoms with Crippen LogP contribution < -0.4 is 10.1 Å². The Kier molecular flexibility index (Phi) is 6.18. The van der Waals surface area contributed by atoms with Crippen LogP contribution in [0.4, 0.5) is 0 Å². The fourth-order valence-corrected chi connectivity index (χ4v) is 2.46. The second-order valence-corrected chi connectivity index (χ2v) is 5.40. The lowest BCUT2D eigenvalue weighted by molar-refractivity contribution is 0.0949. The molecule has 4 heteroatoms. The summed E-state index contributed by atoms with van der Waals surface area (Å²) in [5.41, 5.74) is 3.80. The van der Waals surface area contributed by atoms with E-state index >= 15 is 0 Å². The minimum absolute atomic E-state index is 0.0725. The predicted molar refractivity (Wildman–Crippen MR) is 90.9 cm³/mol. The molecule has 2 aromatic rings. The largest absolute Gasteiger partial charge is 0.496 e. The van der Waals surface area contributed by atoms with Crippen LogP contribution >= 0.6 is 0 Å². The van der Waals surface area contributed by atoms with Gasteiger partial charge in [-0.2, -0.15) is 0 Å². The average Bonchev–Trinajstić information content (AvgIpc) is 2.57. The van der Waals surface area contributed by atoms with Crippen LogP contribution in [0.25, 0.3) is 0 Å². The van der Waals surface area contributed by atoms with Gasteiger partial charge < -0.3 is 14.8 Å². The molecule has 0 bridgehead atoms. The minimum atomic E-state index is -0.0725. The number of rotatable bonds is 7. The van der Waals surface area contributed by atoms with Crippen LogP contribution in [0.3, 0.4) is 0 Å². The fraction of sp³-hybridized carbons (Fsp3) is 0.316. The molecule has 0 saturated heterocycles. The van der Waals surface area contributed by atoms with Gasteiger partial charge in [0.25, 0.3) is 5.91 Å². The zero-order chi connectivity index (χ0) is 16.7. The van der Waals surface area contributed by atoms with Crippen molar-refractivity contribution in [3.8, 4) is 5.75 Å². The summed E-state index contributed by atoms with van der Waals surface area (Å²) in [4.78, 5) is 12.3. The van der Waals surface area contributed by atoms with Crippen molar-refractivity contribution in [2.45, 2.75) is 20.0 Å². The minimum Gasteiger partial charge on any atom is -0.496 e. The predicted octanol–water partition coefficient (Wildman–Crippen LogP) is 3.12. The van der Waals surface area contributed by atoms with E-state index in [-0.39, 0.29) is 5.91 Å². The van der Waals surface area contributed by atoms with Crippen LogP contribution in [0.5, 0.6) is 5.75 Å². The van der Waals surface area contributed by atoms with E-state index in [9.17, 15) is 4.79 Å². The Hall–Kier alpha value is -2.33. The topological polar surface area (TPSA) is 47.6 Å². The van der Waals surface area contributed by atoms with Gasteiger partial charge in [-0.3, -0.25) is 4.79 Å². The summed E-state index contributed by atoms with van der Waals surface area (Å²) in [5, 5.41) is 2.96. The number of carbonyl (C=O) groups excluding carboxylic acids is 1. The molecule has 2 aromatic carbocycles. The SMILES string of the molecule is COCc1ccccc1C(=O)NCCc1ccc(C)c(OC)c1. The third kappa shape index (κ3) is 4.57. The third-order valence-electron chi connectivity index (χ3n) is 3.73. The number of carbonyl (C=O) groups is 1. The molecule has 0 atom stereocenters. The van der Waals surface area contributed by atoms with Gasteiger partial charge in [-0.15, -0.1) is 0 Å². The maximum Gasteiger partial charge on any atom is 0.251 e. The highest BCUT2D eigenvalue weighted by molar-refractivity contribution is 5.95. The van der Waals surface area contributed by atoms with Gasteiger partial charge in [0.2, 0.25) is 0 Å². The number of methoxy groups -OCH3 is 2. The van der Waals surface area contributed by atoms with E-state index in [0.29, 0.717) is 18.7 Å². The van der Waals surface area contributed by atoms with Crippen LogP contribution in [0.15, 0.2) is 42.5 Å². The van der Waals surface area contributed by atoms with Crippen LogP contribution in [-0.4, -0.2) is 26.7 Å². The zero-order valence-corrected chi connectivity index (χ0v) is 13.9. The number of amides is 1. The molecular formula is C19H23NO3. The Balaban J connectivity index is 1.95. The quantitative estimate of drug-likeness (QED) is 0.854. The van der Waals surface area contributed by atoms with Gasteiger partial charge in [0.1, 0.15) is 5.75 Å². The van der Waals surface area contributed by atoms with Gasteiger partial charge in [-0.25, -0.2) is 0 Å². The lowest BCUT2D eigenvalue weighted by Crippen LogP contribution is -2.26. The van der Waals surface area contributed by atoms with Gasteiger partial charge in [0.05, 0.1) is 13.7 Å². The molecule has 0 aromatic heterocycles. The molecule has 1 amide bonds. The van der Waals surface area contributed by atoms with Crippen molar-refractivity contribution in [2.75, 3.05) is 20.8 Å². The Morgan fingerprint density at radius 3 is 2.65 bits per heavy atom. The van der Waals surface area contributed by atoms with Crippen molar-refractivity contribution in [3.63, 3.8) is 0 Å². The molecule has 0 spiro atoms. The number of nitrogens with one attached hydrogen (secondary N) is 1. The summed E-state index contributed by atoms with van der Waals surface area (Å²) in [7, 11) is 3.29. The maximum atomic E-state index is 12.3. The number of benzene rings is 2. The van der Waals surface area contributed by atoms with Crippen molar-refractivity contribution in [1.82, 2.24) is 5.32 Å². The van der Waals surface area contributed by atoms with Crippen LogP contribution in [-0.2, 0) is 17.8 Å². The van der Waals surface area contributed by atoms with Gasteiger partial charge in [-0.05, 0) is 42.2 Å². The molecule has 2 rings (SSSR count). The molecule has 0 aliphatic carbocycles. The molecule has 122 valence electrons. The average molecular weight is 313 g/mol. The normalized spacial score (nSPS) is 10.4. The first-order valence-corrected chi connectivity index (χ1v) is 7.64. The van der Waals surface area contributed by atoms with E-state index in [2.05, 4.69) is 11.4 Å². The molecule has 0 aliphatic rings. The standard InChI is InChI=1S/C19H23NO3/c1-14-8-9-15(12-18(14)23-3)10-11-20-19(21)17-7-5-4-6-16(17)13-22-2/h4-9,12H,10-11,13H2,1-3H3,(H,20,21). The summed E-state index contributed by atoms with van der Waals surface area (Å²) < 4.78 is 10.5. The number of hydrogen-bond acceptors (Lipinski definition) is 3. The second-order valence-electron chi connectivity index (χ2n) is 5.40. The molecule has 0 heterocycles. The van der Waals surface area contributed by atoms with E-state index < -0.39 is 0 Å². The summed E-state index contributed by atoms with van der Waals surface area (Å²) in [6.07, 6.45) is 0.759. The number of hydrogen-bond donors (Lipinski definition) is 1. The Morgan fingerprint density at radius 1 is 1.13 bits per heavy atom. The fourth-order valence-electron chi connectivity index (χ4n) is 2.46. The molecule has 23 heavy (non-hydrogen) atoms. The van der Waals surface area contributed by atoms with E-state index in [4.69, 9.17) is 9.47 Å². The van der Waals surface area contributed by atoms with E-state index in [1.54, 1.807) is 14.2 Å². The summed E-state index contributed by atoms with van der Waals surface area (Å²) >= 11 is 0. The van der Waals surface area contributed by atoms with Gasteiger partial charge in [-0.1, -0.05) is 30.3 Å². The summed E-state index contributed by atoms with van der Waals surface area (Å²) in [6, 6.07) is 13.6. The zero-order valence-electron chi connectivity index (χ0n) is 13.9. The summed E-state index contributed by atoms with van der Waals surface area (Å²) in [6.45, 7) is 3.02. The third-order valence-corrected chi connectivity index (χ3v) is 3.73. The lowest BCUT2D eigenvalue weighted by atomic mass is 10.1. The second kappa shape index (κ2) is 8.34.